The van der Waals surface area contributed by atoms with Crippen molar-refractivity contribution in [3.05, 3.63) is 0 Å². The standard InChI is InChI=1S/C7H13NO4/c1-5(10)12-4-7(11)6(3-9)8-2/h6,8-9H,3-4H2,1-2H3/t6-/m0/s1. The molecule has 0 saturated carbocycles. The number of esters is 1. The van der Waals surface area contributed by atoms with Gasteiger partial charge in [-0.3, -0.25) is 9.59 Å². The van der Waals surface area contributed by atoms with Gasteiger partial charge in [0.2, 0.25) is 0 Å². The van der Waals surface area contributed by atoms with Crippen LogP contribution in [0.1, 0.15) is 6.92 Å². The summed E-state index contributed by atoms with van der Waals surface area (Å²) in [6, 6.07) is -0.649. The van der Waals surface area contributed by atoms with Gasteiger partial charge in [-0.15, -0.1) is 0 Å². The maximum Gasteiger partial charge on any atom is 0.303 e. The summed E-state index contributed by atoms with van der Waals surface area (Å²) in [5.41, 5.74) is 0. The molecule has 0 aliphatic rings. The van der Waals surface area contributed by atoms with Crippen molar-refractivity contribution in [2.24, 2.45) is 0 Å². The highest BCUT2D eigenvalue weighted by molar-refractivity contribution is 5.86. The number of aliphatic hydroxyl groups is 1. The van der Waals surface area contributed by atoms with Crippen LogP contribution in [0.4, 0.5) is 0 Å². The Bertz CT molecular complexity index is 165. The van der Waals surface area contributed by atoms with E-state index in [4.69, 9.17) is 5.11 Å². The number of rotatable bonds is 5. The first-order valence-electron chi connectivity index (χ1n) is 3.56. The first-order valence-corrected chi connectivity index (χ1v) is 3.56. The molecule has 5 nitrogen and oxygen atoms in total. The Hall–Kier alpha value is -0.940. The predicted octanol–water partition coefficient (Wildman–Crippen LogP) is -1.30. The Morgan fingerprint density at radius 1 is 1.58 bits per heavy atom. The zero-order valence-corrected chi connectivity index (χ0v) is 7.16. The monoisotopic (exact) mass is 175 g/mol. The number of hydrogen-bond acceptors (Lipinski definition) is 5. The fraction of sp³-hybridized carbons (Fsp3) is 0.714. The Morgan fingerprint density at radius 3 is 2.50 bits per heavy atom. The van der Waals surface area contributed by atoms with Crippen LogP contribution in [0.3, 0.4) is 0 Å². The molecule has 0 bridgehead atoms. The van der Waals surface area contributed by atoms with E-state index in [0.29, 0.717) is 0 Å². The number of hydrogen-bond donors (Lipinski definition) is 2. The lowest BCUT2D eigenvalue weighted by Crippen LogP contribution is -2.39. The van der Waals surface area contributed by atoms with Gasteiger partial charge >= 0.3 is 5.97 Å². The van der Waals surface area contributed by atoms with E-state index in [0.717, 1.165) is 0 Å². The number of Topliss-reactive ketones (excluding diaryl/α,β-unsaturated/α-hetero) is 1. The van der Waals surface area contributed by atoms with Crippen molar-refractivity contribution in [2.45, 2.75) is 13.0 Å². The molecule has 0 unspecified atom stereocenters. The maximum absolute atomic E-state index is 11.0. The van der Waals surface area contributed by atoms with Crippen LogP contribution in [0.5, 0.6) is 0 Å². The summed E-state index contributed by atoms with van der Waals surface area (Å²) >= 11 is 0. The molecular weight excluding hydrogens is 162 g/mol. The predicted molar refractivity (Wildman–Crippen MR) is 41.6 cm³/mol. The molecule has 0 heterocycles. The minimum absolute atomic E-state index is 0.290. The summed E-state index contributed by atoms with van der Waals surface area (Å²) < 4.78 is 4.45. The van der Waals surface area contributed by atoms with Crippen LogP contribution >= 0.6 is 0 Å². The lowest BCUT2D eigenvalue weighted by atomic mass is 10.2. The first-order chi connectivity index (χ1) is 5.61. The van der Waals surface area contributed by atoms with Crippen LogP contribution in [-0.4, -0.2) is 43.2 Å². The van der Waals surface area contributed by atoms with Gasteiger partial charge in [0.1, 0.15) is 0 Å². The van der Waals surface area contributed by atoms with E-state index in [9.17, 15) is 9.59 Å². The molecule has 0 aromatic heterocycles. The summed E-state index contributed by atoms with van der Waals surface area (Å²) in [5, 5.41) is 11.2. The molecule has 5 heteroatoms. The second-order valence-corrected chi connectivity index (χ2v) is 2.27. The summed E-state index contributed by atoms with van der Waals surface area (Å²) in [7, 11) is 1.55. The van der Waals surface area contributed by atoms with Gasteiger partial charge < -0.3 is 15.2 Å². The van der Waals surface area contributed by atoms with Crippen molar-refractivity contribution in [1.82, 2.24) is 5.32 Å². The largest absolute Gasteiger partial charge is 0.458 e. The van der Waals surface area contributed by atoms with Gasteiger partial charge in [-0.25, -0.2) is 0 Å². The van der Waals surface area contributed by atoms with Gasteiger partial charge in [-0.1, -0.05) is 0 Å². The molecular formula is C7H13NO4. The topological polar surface area (TPSA) is 75.6 Å². The molecule has 0 aromatic carbocycles. The number of likely N-dealkylation sites (N-methyl/N-ethyl adjacent to an activating group) is 1. The normalized spacial score (nSPS) is 12.2. The number of ketones is 1. The Balaban J connectivity index is 3.77. The Kier molecular flexibility index (Phi) is 5.23. The van der Waals surface area contributed by atoms with Crippen LogP contribution < -0.4 is 5.32 Å². The smallest absolute Gasteiger partial charge is 0.303 e. The minimum atomic E-state index is -0.649. The SMILES string of the molecule is CN[C@@H](CO)C(=O)COC(C)=O. The number of nitrogens with one attached hydrogen (secondary N) is 1. The molecule has 0 fully saturated rings. The van der Waals surface area contributed by atoms with Crippen LogP contribution in [0.15, 0.2) is 0 Å². The fourth-order valence-corrected chi connectivity index (χ4v) is 0.627. The highest BCUT2D eigenvalue weighted by Crippen LogP contribution is 1.86. The summed E-state index contributed by atoms with van der Waals surface area (Å²) in [4.78, 5) is 21.3. The minimum Gasteiger partial charge on any atom is -0.458 e. The van der Waals surface area contributed by atoms with E-state index in [1.165, 1.54) is 6.92 Å². The van der Waals surface area contributed by atoms with Gasteiger partial charge in [0, 0.05) is 6.92 Å². The van der Waals surface area contributed by atoms with E-state index < -0.39 is 12.0 Å². The molecule has 2 N–H and O–H groups in total. The van der Waals surface area contributed by atoms with E-state index in [-0.39, 0.29) is 19.0 Å². The molecule has 0 radical (unpaired) electrons. The molecule has 0 saturated heterocycles. The Labute approximate surface area is 70.7 Å². The van der Waals surface area contributed by atoms with Crippen LogP contribution in [0.2, 0.25) is 0 Å². The average Bonchev–Trinajstić information content (AvgIpc) is 2.03. The average molecular weight is 175 g/mol. The van der Waals surface area contributed by atoms with Crippen molar-refractivity contribution in [1.29, 1.82) is 0 Å². The summed E-state index contributed by atoms with van der Waals surface area (Å²) in [6.07, 6.45) is 0. The lowest BCUT2D eigenvalue weighted by Gasteiger charge is -2.10. The Morgan fingerprint density at radius 2 is 2.17 bits per heavy atom. The van der Waals surface area contributed by atoms with Crippen molar-refractivity contribution in [3.63, 3.8) is 0 Å². The number of carbonyl (C=O) groups excluding carboxylic acids is 2. The second kappa shape index (κ2) is 5.68. The molecule has 0 aliphatic carbocycles. The molecule has 1 atom stereocenters. The van der Waals surface area contributed by atoms with Crippen molar-refractivity contribution >= 4 is 11.8 Å². The van der Waals surface area contributed by atoms with Gasteiger partial charge in [-0.2, -0.15) is 0 Å². The zero-order chi connectivity index (χ0) is 9.56. The number of aliphatic hydroxyl groups excluding tert-OH is 1. The molecule has 0 aromatic rings. The second-order valence-electron chi connectivity index (χ2n) is 2.27. The van der Waals surface area contributed by atoms with E-state index in [2.05, 4.69) is 10.1 Å². The van der Waals surface area contributed by atoms with Gasteiger partial charge in [0.25, 0.3) is 0 Å². The molecule has 0 amide bonds. The van der Waals surface area contributed by atoms with E-state index >= 15 is 0 Å². The highest BCUT2D eigenvalue weighted by Gasteiger charge is 2.15. The molecule has 0 aliphatic heterocycles. The van der Waals surface area contributed by atoms with Crippen LogP contribution in [-0.2, 0) is 14.3 Å². The summed E-state index contributed by atoms with van der Waals surface area (Å²) in [5.74, 6) is -0.841. The third-order valence-corrected chi connectivity index (χ3v) is 1.34. The fourth-order valence-electron chi connectivity index (χ4n) is 0.627. The third kappa shape index (κ3) is 4.05. The highest BCUT2D eigenvalue weighted by atomic mass is 16.5. The van der Waals surface area contributed by atoms with Crippen molar-refractivity contribution in [2.75, 3.05) is 20.3 Å². The quantitative estimate of drug-likeness (QED) is 0.508. The third-order valence-electron chi connectivity index (χ3n) is 1.34. The lowest BCUT2D eigenvalue weighted by molar-refractivity contribution is -0.146. The van der Waals surface area contributed by atoms with E-state index in [1.54, 1.807) is 7.05 Å². The summed E-state index contributed by atoms with van der Waals surface area (Å²) in [6.45, 7) is 0.638. The van der Waals surface area contributed by atoms with E-state index in [1.807, 2.05) is 0 Å². The van der Waals surface area contributed by atoms with Crippen LogP contribution in [0, 0.1) is 0 Å². The molecule has 70 valence electrons. The molecule has 12 heavy (non-hydrogen) atoms. The maximum atomic E-state index is 11.0. The van der Waals surface area contributed by atoms with Crippen molar-refractivity contribution in [3.8, 4) is 0 Å². The van der Waals surface area contributed by atoms with Crippen LogP contribution in [0.25, 0.3) is 0 Å². The van der Waals surface area contributed by atoms with Gasteiger partial charge in [0.05, 0.1) is 12.6 Å². The zero-order valence-electron chi connectivity index (χ0n) is 7.16. The van der Waals surface area contributed by atoms with Crippen molar-refractivity contribution < 1.29 is 19.4 Å². The number of carbonyl (C=O) groups is 2. The molecule has 0 rings (SSSR count). The number of ether oxygens (including phenoxy) is 1. The first kappa shape index (κ1) is 11.1. The van der Waals surface area contributed by atoms with Gasteiger partial charge in [0.15, 0.2) is 12.4 Å². The molecule has 0 spiro atoms. The van der Waals surface area contributed by atoms with Gasteiger partial charge in [-0.05, 0) is 7.05 Å².